The SMILES string of the molecule is CC1CCCC(NC(=O)OC(C)(C)C)c2cc(ccn2)-c2ccc(Br)cc2NC1=O. The lowest BCUT2D eigenvalue weighted by Gasteiger charge is -2.25. The minimum atomic E-state index is -0.580. The Labute approximate surface area is 185 Å². The predicted molar refractivity (Wildman–Crippen MR) is 121 cm³/mol. The molecule has 2 N–H and O–H groups in total. The quantitative estimate of drug-likeness (QED) is 0.545. The lowest BCUT2D eigenvalue weighted by molar-refractivity contribution is -0.119. The van der Waals surface area contributed by atoms with Crippen LogP contribution in [0.5, 0.6) is 0 Å². The van der Waals surface area contributed by atoms with Gasteiger partial charge in [0.05, 0.1) is 11.7 Å². The van der Waals surface area contributed by atoms with E-state index in [1.807, 2.05) is 58.0 Å². The molecule has 1 aromatic heterocycles. The Hall–Kier alpha value is -2.41. The number of ether oxygens (including phenoxy) is 1. The number of benzene rings is 1. The number of nitrogens with one attached hydrogen (secondary N) is 2. The summed E-state index contributed by atoms with van der Waals surface area (Å²) in [5.74, 6) is -0.161. The van der Waals surface area contributed by atoms with Crippen LogP contribution in [0.1, 0.15) is 58.7 Å². The van der Waals surface area contributed by atoms with Crippen LogP contribution in [0.4, 0.5) is 10.5 Å². The molecule has 2 atom stereocenters. The van der Waals surface area contributed by atoms with Gasteiger partial charge in [0.1, 0.15) is 5.60 Å². The van der Waals surface area contributed by atoms with E-state index >= 15 is 0 Å². The highest BCUT2D eigenvalue weighted by molar-refractivity contribution is 9.10. The number of halogens is 1. The van der Waals surface area contributed by atoms with E-state index < -0.39 is 11.7 Å². The van der Waals surface area contributed by atoms with Crippen molar-refractivity contribution in [2.45, 2.75) is 58.6 Å². The Morgan fingerprint density at radius 2 is 2.00 bits per heavy atom. The summed E-state index contributed by atoms with van der Waals surface area (Å²) in [6.45, 7) is 7.43. The van der Waals surface area contributed by atoms with E-state index in [2.05, 4.69) is 31.5 Å². The fraction of sp³-hybridized carbons (Fsp3) is 0.435. The van der Waals surface area contributed by atoms with E-state index in [0.29, 0.717) is 12.8 Å². The summed E-state index contributed by atoms with van der Waals surface area (Å²) in [4.78, 5) is 29.7. The van der Waals surface area contributed by atoms with Crippen molar-refractivity contribution in [2.75, 3.05) is 5.32 Å². The fourth-order valence-electron chi connectivity index (χ4n) is 3.44. The molecule has 1 aromatic carbocycles. The first-order chi connectivity index (χ1) is 14.1. The number of hydrogen-bond donors (Lipinski definition) is 2. The molecule has 2 aromatic rings. The van der Waals surface area contributed by atoms with Crippen LogP contribution in [0.25, 0.3) is 11.1 Å². The third-order valence-electron chi connectivity index (χ3n) is 4.96. The number of pyridine rings is 1. The number of anilines is 1. The van der Waals surface area contributed by atoms with Gasteiger partial charge in [-0.1, -0.05) is 35.3 Å². The highest BCUT2D eigenvalue weighted by Crippen LogP contribution is 2.33. The molecule has 3 rings (SSSR count). The molecule has 30 heavy (non-hydrogen) atoms. The van der Waals surface area contributed by atoms with Crippen LogP contribution in [-0.4, -0.2) is 22.6 Å². The van der Waals surface area contributed by atoms with Crippen molar-refractivity contribution in [1.82, 2.24) is 10.3 Å². The van der Waals surface area contributed by atoms with Gasteiger partial charge in [-0.25, -0.2) is 4.79 Å². The van der Waals surface area contributed by atoms with E-state index in [0.717, 1.165) is 33.4 Å². The van der Waals surface area contributed by atoms with Gasteiger partial charge < -0.3 is 15.4 Å². The normalized spacial score (nSPS) is 19.6. The van der Waals surface area contributed by atoms with Gasteiger partial charge in [0, 0.05) is 27.8 Å². The number of aromatic nitrogens is 1. The number of amides is 2. The highest BCUT2D eigenvalue weighted by atomic mass is 79.9. The first-order valence-electron chi connectivity index (χ1n) is 10.2. The molecule has 6 nitrogen and oxygen atoms in total. The molecule has 1 aliphatic rings. The van der Waals surface area contributed by atoms with Gasteiger partial charge in [0.2, 0.25) is 5.91 Å². The summed E-state index contributed by atoms with van der Waals surface area (Å²) < 4.78 is 6.33. The summed E-state index contributed by atoms with van der Waals surface area (Å²) in [5, 5.41) is 6.03. The molecule has 0 saturated carbocycles. The average molecular weight is 474 g/mol. The third kappa shape index (κ3) is 5.81. The van der Waals surface area contributed by atoms with Gasteiger partial charge in [-0.15, -0.1) is 0 Å². The van der Waals surface area contributed by atoms with Crippen molar-refractivity contribution >= 4 is 33.6 Å². The molecule has 2 amide bonds. The molecular weight excluding hydrogens is 446 g/mol. The van der Waals surface area contributed by atoms with E-state index in [9.17, 15) is 9.59 Å². The van der Waals surface area contributed by atoms with E-state index in [1.54, 1.807) is 6.20 Å². The Morgan fingerprint density at radius 1 is 1.23 bits per heavy atom. The van der Waals surface area contributed by atoms with E-state index in [1.165, 1.54) is 0 Å². The van der Waals surface area contributed by atoms with Crippen molar-refractivity contribution < 1.29 is 14.3 Å². The summed E-state index contributed by atoms with van der Waals surface area (Å²) in [5.41, 5.74) is 2.76. The van der Waals surface area contributed by atoms with E-state index in [-0.39, 0.29) is 17.9 Å². The smallest absolute Gasteiger partial charge is 0.408 e. The number of hydrogen-bond acceptors (Lipinski definition) is 4. The Morgan fingerprint density at radius 3 is 2.73 bits per heavy atom. The second-order valence-electron chi connectivity index (χ2n) is 8.68. The standard InChI is InChI=1S/C23H28BrN3O3/c1-14-6-5-7-18(27-22(29)30-23(2,3)4)20-12-15(10-11-25-20)17-9-8-16(24)13-19(17)26-21(14)28/h8-14,18H,5-7H2,1-4H3,(H,26,28)(H,27,29). The topological polar surface area (TPSA) is 80.3 Å². The average Bonchev–Trinajstić information content (AvgIpc) is 2.65. The molecule has 2 unspecified atom stereocenters. The molecule has 0 aliphatic carbocycles. The van der Waals surface area contributed by atoms with Gasteiger partial charge >= 0.3 is 6.09 Å². The van der Waals surface area contributed by atoms with Gasteiger partial charge in [0.15, 0.2) is 0 Å². The monoisotopic (exact) mass is 473 g/mol. The Balaban J connectivity index is 2.00. The van der Waals surface area contributed by atoms with Gasteiger partial charge in [0.25, 0.3) is 0 Å². The molecule has 2 bridgehead atoms. The third-order valence-corrected chi connectivity index (χ3v) is 5.45. The second-order valence-corrected chi connectivity index (χ2v) is 9.59. The molecule has 2 heterocycles. The van der Waals surface area contributed by atoms with Gasteiger partial charge in [-0.05, 0) is 63.4 Å². The number of carbonyl (C=O) groups is 2. The van der Waals surface area contributed by atoms with Crippen LogP contribution in [-0.2, 0) is 9.53 Å². The first-order valence-corrected chi connectivity index (χ1v) is 11.0. The van der Waals surface area contributed by atoms with Crippen molar-refractivity contribution in [3.8, 4) is 11.1 Å². The number of rotatable bonds is 1. The minimum Gasteiger partial charge on any atom is -0.444 e. The maximum absolute atomic E-state index is 12.7. The maximum Gasteiger partial charge on any atom is 0.408 e. The van der Waals surface area contributed by atoms with Crippen molar-refractivity contribution in [2.24, 2.45) is 5.92 Å². The van der Waals surface area contributed by atoms with Gasteiger partial charge in [-0.2, -0.15) is 0 Å². The van der Waals surface area contributed by atoms with Crippen LogP contribution in [0.2, 0.25) is 0 Å². The van der Waals surface area contributed by atoms with E-state index in [4.69, 9.17) is 4.74 Å². The molecule has 0 saturated heterocycles. The lowest BCUT2D eigenvalue weighted by atomic mass is 9.95. The summed E-state index contributed by atoms with van der Waals surface area (Å²) in [6, 6.07) is 9.38. The largest absolute Gasteiger partial charge is 0.444 e. The number of carbonyl (C=O) groups excluding carboxylic acids is 2. The van der Waals surface area contributed by atoms with Crippen LogP contribution < -0.4 is 10.6 Å². The zero-order valence-corrected chi connectivity index (χ0v) is 19.4. The molecular formula is C23H28BrN3O3. The van der Waals surface area contributed by atoms with Crippen LogP contribution in [0.3, 0.4) is 0 Å². The Kier molecular flexibility index (Phi) is 6.81. The van der Waals surface area contributed by atoms with Gasteiger partial charge in [-0.3, -0.25) is 9.78 Å². The Bertz CT molecular complexity index is 940. The molecule has 160 valence electrons. The maximum atomic E-state index is 12.7. The van der Waals surface area contributed by atoms with Crippen LogP contribution >= 0.6 is 15.9 Å². The number of fused-ring (bicyclic) bond motifs is 4. The zero-order chi connectivity index (χ0) is 21.9. The zero-order valence-electron chi connectivity index (χ0n) is 17.8. The van der Waals surface area contributed by atoms with Crippen molar-refractivity contribution in [3.63, 3.8) is 0 Å². The van der Waals surface area contributed by atoms with Crippen LogP contribution in [0.15, 0.2) is 41.0 Å². The lowest BCUT2D eigenvalue weighted by Crippen LogP contribution is -2.35. The molecule has 7 heteroatoms. The van der Waals surface area contributed by atoms with Crippen LogP contribution in [0, 0.1) is 5.92 Å². The molecule has 0 fully saturated rings. The van der Waals surface area contributed by atoms with Crippen molar-refractivity contribution in [3.05, 3.63) is 46.7 Å². The molecule has 1 aliphatic heterocycles. The molecule has 0 radical (unpaired) electrons. The summed E-state index contributed by atoms with van der Waals surface area (Å²) >= 11 is 3.49. The second kappa shape index (κ2) is 9.16. The van der Waals surface area contributed by atoms with Crippen molar-refractivity contribution in [1.29, 1.82) is 0 Å². The number of nitrogens with zero attached hydrogens (tertiary/aromatic N) is 1. The molecule has 0 spiro atoms. The number of alkyl carbamates (subject to hydrolysis) is 1. The highest BCUT2D eigenvalue weighted by Gasteiger charge is 2.24. The first kappa shape index (κ1) is 22.3. The summed E-state index contributed by atoms with van der Waals surface area (Å²) in [6.07, 6.45) is 3.41. The fourth-order valence-corrected chi connectivity index (χ4v) is 3.80. The summed E-state index contributed by atoms with van der Waals surface area (Å²) in [7, 11) is 0. The predicted octanol–water partition coefficient (Wildman–Crippen LogP) is 5.84. The minimum absolute atomic E-state index is 0.0131.